The first-order valence-corrected chi connectivity index (χ1v) is 8.61. The van der Waals surface area contributed by atoms with Crippen LogP contribution in [0.4, 0.5) is 0 Å². The maximum absolute atomic E-state index is 12.4. The maximum Gasteiger partial charge on any atom is 0.226 e. The number of piperazine rings is 1. The first-order valence-electron chi connectivity index (χ1n) is 7.46. The van der Waals surface area contributed by atoms with E-state index >= 15 is 0 Å². The van der Waals surface area contributed by atoms with E-state index in [1.54, 1.807) is 0 Å². The van der Waals surface area contributed by atoms with Gasteiger partial charge >= 0.3 is 0 Å². The molecule has 108 valence electrons. The molecule has 0 bridgehead atoms. The van der Waals surface area contributed by atoms with Crippen molar-refractivity contribution < 1.29 is 4.79 Å². The molecule has 20 heavy (non-hydrogen) atoms. The first kappa shape index (κ1) is 14.0. The van der Waals surface area contributed by atoms with Gasteiger partial charge in [-0.25, -0.2) is 0 Å². The lowest BCUT2D eigenvalue weighted by molar-refractivity contribution is -0.136. The fraction of sp³-hybridized carbons (Fsp3) is 0.562. The molecule has 2 saturated heterocycles. The van der Waals surface area contributed by atoms with Gasteiger partial charge in [-0.1, -0.05) is 30.3 Å². The summed E-state index contributed by atoms with van der Waals surface area (Å²) in [5.74, 6) is 2.88. The molecule has 1 aromatic rings. The van der Waals surface area contributed by atoms with Crippen LogP contribution in [0, 0.1) is 5.92 Å². The summed E-state index contributed by atoms with van der Waals surface area (Å²) in [6.45, 7) is 4.79. The van der Waals surface area contributed by atoms with Gasteiger partial charge in [0.15, 0.2) is 0 Å². The number of hydrogen-bond donors (Lipinski definition) is 0. The van der Waals surface area contributed by atoms with E-state index in [1.807, 2.05) is 11.8 Å². The average molecular weight is 290 g/mol. The Hall–Kier alpha value is -1.00. The van der Waals surface area contributed by atoms with Crippen molar-refractivity contribution in [1.29, 1.82) is 0 Å². The van der Waals surface area contributed by atoms with E-state index in [4.69, 9.17) is 0 Å². The third-order valence-electron chi connectivity index (χ3n) is 4.21. The standard InChI is InChI=1S/C16H22N2OS/c19-16(15-6-11-20-13-15)18-9-7-17(8-10-18)12-14-4-2-1-3-5-14/h1-5,15H,6-13H2. The molecule has 0 aromatic heterocycles. The van der Waals surface area contributed by atoms with Gasteiger partial charge in [0.25, 0.3) is 0 Å². The highest BCUT2D eigenvalue weighted by molar-refractivity contribution is 7.99. The third kappa shape index (κ3) is 3.36. The predicted molar refractivity (Wildman–Crippen MR) is 83.7 cm³/mol. The van der Waals surface area contributed by atoms with Crippen LogP contribution in [0.1, 0.15) is 12.0 Å². The Morgan fingerprint density at radius 2 is 1.90 bits per heavy atom. The summed E-state index contributed by atoms with van der Waals surface area (Å²) >= 11 is 1.92. The summed E-state index contributed by atoms with van der Waals surface area (Å²) in [6, 6.07) is 10.6. The zero-order chi connectivity index (χ0) is 13.8. The number of carbonyl (C=O) groups excluding carboxylic acids is 1. The summed E-state index contributed by atoms with van der Waals surface area (Å²) in [5, 5.41) is 0. The quantitative estimate of drug-likeness (QED) is 0.851. The second-order valence-electron chi connectivity index (χ2n) is 5.65. The van der Waals surface area contributed by atoms with Gasteiger partial charge in [-0.3, -0.25) is 9.69 Å². The van der Waals surface area contributed by atoms with Crippen LogP contribution < -0.4 is 0 Å². The normalized spacial score (nSPS) is 24.0. The van der Waals surface area contributed by atoms with Crippen LogP contribution in [0.25, 0.3) is 0 Å². The molecule has 2 aliphatic heterocycles. The molecule has 4 heteroatoms. The molecule has 1 amide bonds. The molecular formula is C16H22N2OS. The summed E-state index contributed by atoms with van der Waals surface area (Å²) in [5.41, 5.74) is 1.36. The number of thioether (sulfide) groups is 1. The molecule has 0 N–H and O–H groups in total. The van der Waals surface area contributed by atoms with Crippen molar-refractivity contribution in [3.8, 4) is 0 Å². The number of hydrogen-bond acceptors (Lipinski definition) is 3. The molecule has 0 radical (unpaired) electrons. The van der Waals surface area contributed by atoms with E-state index in [2.05, 4.69) is 40.1 Å². The van der Waals surface area contributed by atoms with Crippen molar-refractivity contribution in [3.05, 3.63) is 35.9 Å². The number of carbonyl (C=O) groups is 1. The number of benzene rings is 1. The Kier molecular flexibility index (Phi) is 4.63. The summed E-state index contributed by atoms with van der Waals surface area (Å²) in [6.07, 6.45) is 1.08. The van der Waals surface area contributed by atoms with E-state index in [9.17, 15) is 4.79 Å². The molecule has 0 spiro atoms. The van der Waals surface area contributed by atoms with E-state index in [0.29, 0.717) is 11.8 Å². The summed E-state index contributed by atoms with van der Waals surface area (Å²) in [7, 11) is 0. The van der Waals surface area contributed by atoms with E-state index < -0.39 is 0 Å². The van der Waals surface area contributed by atoms with Crippen molar-refractivity contribution in [2.45, 2.75) is 13.0 Å². The fourth-order valence-corrected chi connectivity index (χ4v) is 4.17. The number of nitrogens with zero attached hydrogens (tertiary/aromatic N) is 2. The highest BCUT2D eigenvalue weighted by atomic mass is 32.2. The molecule has 0 saturated carbocycles. The summed E-state index contributed by atoms with van der Waals surface area (Å²) < 4.78 is 0. The van der Waals surface area contributed by atoms with E-state index in [0.717, 1.165) is 50.7 Å². The molecule has 1 unspecified atom stereocenters. The molecule has 2 aliphatic rings. The minimum atomic E-state index is 0.292. The van der Waals surface area contributed by atoms with Crippen molar-refractivity contribution >= 4 is 17.7 Å². The summed E-state index contributed by atoms with van der Waals surface area (Å²) in [4.78, 5) is 16.9. The lowest BCUT2D eigenvalue weighted by atomic mass is 10.1. The minimum absolute atomic E-state index is 0.292. The van der Waals surface area contributed by atoms with Crippen LogP contribution in [0.3, 0.4) is 0 Å². The van der Waals surface area contributed by atoms with Gasteiger partial charge in [0.1, 0.15) is 0 Å². The minimum Gasteiger partial charge on any atom is -0.340 e. The van der Waals surface area contributed by atoms with E-state index in [1.165, 1.54) is 5.56 Å². The first-order chi connectivity index (χ1) is 9.83. The average Bonchev–Trinajstić information content (AvgIpc) is 3.03. The molecule has 2 heterocycles. The molecule has 0 aliphatic carbocycles. The Bertz CT molecular complexity index is 437. The van der Waals surface area contributed by atoms with Gasteiger partial charge in [0, 0.05) is 44.4 Å². The Morgan fingerprint density at radius 1 is 1.15 bits per heavy atom. The highest BCUT2D eigenvalue weighted by Gasteiger charge is 2.29. The van der Waals surface area contributed by atoms with Crippen molar-refractivity contribution in [2.24, 2.45) is 5.92 Å². The molecule has 2 fully saturated rings. The second-order valence-corrected chi connectivity index (χ2v) is 6.80. The van der Waals surface area contributed by atoms with Crippen molar-refractivity contribution in [1.82, 2.24) is 9.80 Å². The van der Waals surface area contributed by atoms with Gasteiger partial charge in [0.2, 0.25) is 5.91 Å². The van der Waals surface area contributed by atoms with Gasteiger partial charge in [0.05, 0.1) is 0 Å². The molecule has 1 aromatic carbocycles. The topological polar surface area (TPSA) is 23.6 Å². The van der Waals surface area contributed by atoms with Crippen LogP contribution in [0.5, 0.6) is 0 Å². The van der Waals surface area contributed by atoms with Gasteiger partial charge in [-0.15, -0.1) is 0 Å². The predicted octanol–water partition coefficient (Wildman–Crippen LogP) is 2.08. The molecular weight excluding hydrogens is 268 g/mol. The third-order valence-corrected chi connectivity index (χ3v) is 5.37. The van der Waals surface area contributed by atoms with Gasteiger partial charge in [-0.2, -0.15) is 11.8 Å². The molecule has 1 atom stereocenters. The highest BCUT2D eigenvalue weighted by Crippen LogP contribution is 2.25. The number of rotatable bonds is 3. The van der Waals surface area contributed by atoms with Crippen LogP contribution in [0.15, 0.2) is 30.3 Å². The van der Waals surface area contributed by atoms with Crippen LogP contribution in [-0.4, -0.2) is 53.4 Å². The Morgan fingerprint density at radius 3 is 2.55 bits per heavy atom. The Labute approximate surface area is 125 Å². The van der Waals surface area contributed by atoms with Crippen LogP contribution in [0.2, 0.25) is 0 Å². The second kappa shape index (κ2) is 6.64. The smallest absolute Gasteiger partial charge is 0.226 e. The monoisotopic (exact) mass is 290 g/mol. The fourth-order valence-electron chi connectivity index (χ4n) is 2.96. The zero-order valence-electron chi connectivity index (χ0n) is 11.8. The van der Waals surface area contributed by atoms with Crippen LogP contribution >= 0.6 is 11.8 Å². The zero-order valence-corrected chi connectivity index (χ0v) is 12.6. The van der Waals surface area contributed by atoms with E-state index in [-0.39, 0.29) is 0 Å². The lowest BCUT2D eigenvalue weighted by Gasteiger charge is -2.35. The van der Waals surface area contributed by atoms with Gasteiger partial charge < -0.3 is 4.90 Å². The largest absolute Gasteiger partial charge is 0.340 e. The lowest BCUT2D eigenvalue weighted by Crippen LogP contribution is -2.50. The van der Waals surface area contributed by atoms with Crippen molar-refractivity contribution in [3.63, 3.8) is 0 Å². The molecule has 3 nitrogen and oxygen atoms in total. The SMILES string of the molecule is O=C(C1CCSC1)N1CCN(Cc2ccccc2)CC1. The maximum atomic E-state index is 12.4. The number of amides is 1. The van der Waals surface area contributed by atoms with Crippen molar-refractivity contribution in [2.75, 3.05) is 37.7 Å². The Balaban J connectivity index is 1.48. The van der Waals surface area contributed by atoms with Gasteiger partial charge in [-0.05, 0) is 17.7 Å². The van der Waals surface area contributed by atoms with Crippen LogP contribution in [-0.2, 0) is 11.3 Å². The molecule has 3 rings (SSSR count).